The molecule has 92 valence electrons. The molecule has 4 nitrogen and oxygen atoms in total. The fraction of sp³-hybridized carbons (Fsp3) is 0. The molecular formula is C15H9NO3. The van der Waals surface area contributed by atoms with E-state index in [9.17, 15) is 14.4 Å². The molecule has 1 heterocycles. The number of carbonyl (C=O) groups is 3. The van der Waals surface area contributed by atoms with Crippen molar-refractivity contribution in [2.24, 2.45) is 0 Å². The van der Waals surface area contributed by atoms with Gasteiger partial charge in [0.1, 0.15) is 0 Å². The number of fused-ring (bicyclic) bond motifs is 1. The predicted octanol–water partition coefficient (Wildman–Crippen LogP) is 2.12. The highest BCUT2D eigenvalue weighted by Gasteiger charge is 2.38. The van der Waals surface area contributed by atoms with Crippen LogP contribution in [0.1, 0.15) is 10.4 Å². The monoisotopic (exact) mass is 251 g/mol. The zero-order valence-corrected chi connectivity index (χ0v) is 9.87. The molecule has 0 fully saturated rings. The Morgan fingerprint density at radius 1 is 0.684 bits per heavy atom. The number of amides is 1. The molecule has 4 heteroatoms. The molecule has 19 heavy (non-hydrogen) atoms. The summed E-state index contributed by atoms with van der Waals surface area (Å²) in [6.07, 6.45) is 0. The number of para-hydroxylation sites is 2. The topological polar surface area (TPSA) is 54.5 Å². The van der Waals surface area contributed by atoms with Crippen molar-refractivity contribution in [3.8, 4) is 0 Å². The van der Waals surface area contributed by atoms with E-state index >= 15 is 0 Å². The van der Waals surface area contributed by atoms with Crippen molar-refractivity contribution in [2.75, 3.05) is 4.90 Å². The molecule has 0 saturated heterocycles. The van der Waals surface area contributed by atoms with Crippen LogP contribution in [0.15, 0.2) is 54.6 Å². The molecule has 0 aliphatic carbocycles. The van der Waals surface area contributed by atoms with Gasteiger partial charge < -0.3 is 0 Å². The SMILES string of the molecule is O=C1C(=O)c2ccccc2N(c2ccccc2)C1=O. The Morgan fingerprint density at radius 2 is 1.32 bits per heavy atom. The third-order valence-corrected chi connectivity index (χ3v) is 3.01. The lowest BCUT2D eigenvalue weighted by molar-refractivity contribution is -0.133. The van der Waals surface area contributed by atoms with Gasteiger partial charge in [-0.3, -0.25) is 19.3 Å². The molecule has 1 aliphatic rings. The van der Waals surface area contributed by atoms with Gasteiger partial charge in [0, 0.05) is 5.69 Å². The largest absolute Gasteiger partial charge is 0.307 e. The minimum Gasteiger partial charge on any atom is -0.285 e. The molecule has 0 radical (unpaired) electrons. The minimum absolute atomic E-state index is 0.260. The van der Waals surface area contributed by atoms with Crippen molar-refractivity contribution in [3.63, 3.8) is 0 Å². The number of benzene rings is 2. The molecule has 2 aromatic rings. The van der Waals surface area contributed by atoms with Crippen molar-refractivity contribution in [2.45, 2.75) is 0 Å². The van der Waals surface area contributed by atoms with Crippen molar-refractivity contribution in [1.29, 1.82) is 0 Å². The second kappa shape index (κ2) is 4.17. The molecule has 1 amide bonds. The highest BCUT2D eigenvalue weighted by molar-refractivity contribution is 6.71. The van der Waals surface area contributed by atoms with Crippen molar-refractivity contribution in [3.05, 3.63) is 60.2 Å². The fourth-order valence-electron chi connectivity index (χ4n) is 2.12. The number of anilines is 2. The van der Waals surface area contributed by atoms with E-state index in [-0.39, 0.29) is 5.56 Å². The number of hydrogen-bond acceptors (Lipinski definition) is 3. The molecule has 2 aromatic carbocycles. The predicted molar refractivity (Wildman–Crippen MR) is 69.4 cm³/mol. The Kier molecular flexibility index (Phi) is 2.49. The third-order valence-electron chi connectivity index (χ3n) is 3.01. The second-order valence-corrected chi connectivity index (χ2v) is 4.15. The summed E-state index contributed by atoms with van der Waals surface area (Å²) in [5, 5.41) is 0. The highest BCUT2D eigenvalue weighted by atomic mass is 16.2. The lowest BCUT2D eigenvalue weighted by Crippen LogP contribution is -2.42. The van der Waals surface area contributed by atoms with Crippen LogP contribution in [0.4, 0.5) is 11.4 Å². The Bertz CT molecular complexity index is 692. The maximum absolute atomic E-state index is 12.1. The lowest BCUT2D eigenvalue weighted by Gasteiger charge is -2.27. The van der Waals surface area contributed by atoms with Gasteiger partial charge in [0.15, 0.2) is 0 Å². The number of nitrogens with zero attached hydrogens (tertiary/aromatic N) is 1. The first-order valence-corrected chi connectivity index (χ1v) is 5.77. The number of ketones is 2. The average molecular weight is 251 g/mol. The van der Waals surface area contributed by atoms with Crippen molar-refractivity contribution in [1.82, 2.24) is 0 Å². The summed E-state index contributed by atoms with van der Waals surface area (Å²) in [6.45, 7) is 0. The van der Waals surface area contributed by atoms with Crippen LogP contribution in [0.3, 0.4) is 0 Å². The third kappa shape index (κ3) is 1.65. The van der Waals surface area contributed by atoms with Gasteiger partial charge in [-0.1, -0.05) is 30.3 Å². The molecule has 0 bridgehead atoms. The molecule has 0 atom stereocenters. The molecule has 0 saturated carbocycles. The van der Waals surface area contributed by atoms with Gasteiger partial charge in [-0.25, -0.2) is 0 Å². The Morgan fingerprint density at radius 3 is 2.05 bits per heavy atom. The van der Waals surface area contributed by atoms with Gasteiger partial charge in [-0.2, -0.15) is 0 Å². The van der Waals surface area contributed by atoms with E-state index in [0.29, 0.717) is 11.4 Å². The first-order chi connectivity index (χ1) is 9.20. The Labute approximate surface area is 109 Å². The van der Waals surface area contributed by atoms with Gasteiger partial charge in [0.05, 0.1) is 11.3 Å². The standard InChI is InChI=1S/C15H9NO3/c17-13-11-8-4-5-9-12(11)16(15(19)14(13)18)10-6-2-1-3-7-10/h1-9H. The van der Waals surface area contributed by atoms with E-state index < -0.39 is 17.5 Å². The summed E-state index contributed by atoms with van der Waals surface area (Å²) in [5.74, 6) is -2.55. The van der Waals surface area contributed by atoms with Crippen LogP contribution in [0, 0.1) is 0 Å². The Hall–Kier alpha value is -2.75. The van der Waals surface area contributed by atoms with E-state index in [2.05, 4.69) is 0 Å². The summed E-state index contributed by atoms with van der Waals surface area (Å²) in [7, 11) is 0. The van der Waals surface area contributed by atoms with Crippen LogP contribution in [-0.2, 0) is 9.59 Å². The molecule has 0 spiro atoms. The Balaban J connectivity index is 2.25. The quantitative estimate of drug-likeness (QED) is 0.729. The van der Waals surface area contributed by atoms with E-state index in [0.717, 1.165) is 0 Å². The second-order valence-electron chi connectivity index (χ2n) is 4.15. The number of rotatable bonds is 1. The smallest absolute Gasteiger partial charge is 0.285 e. The summed E-state index contributed by atoms with van der Waals surface area (Å²) in [4.78, 5) is 36.9. The first kappa shape index (κ1) is 11.3. The zero-order chi connectivity index (χ0) is 13.4. The normalized spacial score (nSPS) is 14.5. The zero-order valence-electron chi connectivity index (χ0n) is 9.87. The number of carbonyl (C=O) groups excluding carboxylic acids is 3. The molecule has 0 N–H and O–H groups in total. The highest BCUT2D eigenvalue weighted by Crippen LogP contribution is 2.32. The van der Waals surface area contributed by atoms with Crippen LogP contribution in [0.2, 0.25) is 0 Å². The number of Topliss-reactive ketones (excluding diaryl/α,β-unsaturated/α-hetero) is 2. The molecule has 0 aromatic heterocycles. The van der Waals surface area contributed by atoms with Crippen LogP contribution in [-0.4, -0.2) is 17.5 Å². The number of hydrogen-bond donors (Lipinski definition) is 0. The summed E-state index contributed by atoms with van der Waals surface area (Å²) < 4.78 is 0. The maximum atomic E-state index is 12.1. The van der Waals surface area contributed by atoms with Crippen molar-refractivity contribution >= 4 is 28.8 Å². The van der Waals surface area contributed by atoms with Gasteiger partial charge in [-0.15, -0.1) is 0 Å². The minimum atomic E-state index is -0.998. The van der Waals surface area contributed by atoms with E-state index in [1.54, 1.807) is 48.5 Å². The molecule has 1 aliphatic heterocycles. The van der Waals surface area contributed by atoms with E-state index in [1.807, 2.05) is 6.07 Å². The first-order valence-electron chi connectivity index (χ1n) is 5.77. The molecule has 0 unspecified atom stereocenters. The van der Waals surface area contributed by atoms with E-state index in [4.69, 9.17) is 0 Å². The maximum Gasteiger partial charge on any atom is 0.307 e. The summed E-state index contributed by atoms with van der Waals surface area (Å²) >= 11 is 0. The summed E-state index contributed by atoms with van der Waals surface area (Å²) in [6, 6.07) is 15.4. The van der Waals surface area contributed by atoms with Crippen molar-refractivity contribution < 1.29 is 14.4 Å². The van der Waals surface area contributed by atoms with Crippen LogP contribution in [0.25, 0.3) is 0 Å². The van der Waals surface area contributed by atoms with Crippen LogP contribution < -0.4 is 4.90 Å². The fourth-order valence-corrected chi connectivity index (χ4v) is 2.12. The van der Waals surface area contributed by atoms with Gasteiger partial charge in [0.2, 0.25) is 5.78 Å². The molecular weight excluding hydrogens is 242 g/mol. The van der Waals surface area contributed by atoms with Gasteiger partial charge in [-0.05, 0) is 24.3 Å². The van der Waals surface area contributed by atoms with Crippen LogP contribution >= 0.6 is 0 Å². The lowest BCUT2D eigenvalue weighted by atomic mass is 9.98. The molecule has 3 rings (SSSR count). The van der Waals surface area contributed by atoms with Gasteiger partial charge >= 0.3 is 5.91 Å². The van der Waals surface area contributed by atoms with E-state index in [1.165, 1.54) is 4.90 Å². The van der Waals surface area contributed by atoms with Gasteiger partial charge in [0.25, 0.3) is 5.78 Å². The van der Waals surface area contributed by atoms with Crippen LogP contribution in [0.5, 0.6) is 0 Å². The average Bonchev–Trinajstić information content (AvgIpc) is 2.46. The summed E-state index contributed by atoms with van der Waals surface area (Å²) in [5.41, 5.74) is 1.28.